The van der Waals surface area contributed by atoms with Crippen LogP contribution in [-0.4, -0.2) is 47.6 Å². The summed E-state index contributed by atoms with van der Waals surface area (Å²) in [7, 11) is 1.30. The standard InChI is InChI=1S/C32H40O9/c1-8-17(2)26(35)41-28-29(3,4)22(14-23(33)38-7)31(6)20-9-11-30(5)21(19(20)15-32(28,37)27(31)36)13-24(34)40-25(30)18-10-12-39-16-18/h8,10,12,15-16,20-22,25,28,37H,9,11,13-14H2,1-7H3/b17-8+/t20?,21?,22-,25-,28?,30+,31+,32-/m0/s1. The highest BCUT2D eigenvalue weighted by Gasteiger charge is 2.73. The van der Waals surface area contributed by atoms with E-state index in [1.807, 2.05) is 20.8 Å². The number of carbonyl (C=O) groups is 4. The van der Waals surface area contributed by atoms with Crippen molar-refractivity contribution in [2.24, 2.45) is 34.0 Å². The van der Waals surface area contributed by atoms with Gasteiger partial charge in [-0.25, -0.2) is 4.79 Å². The number of ether oxygens (including phenoxy) is 3. The molecule has 3 aliphatic carbocycles. The molecule has 8 atom stereocenters. The topological polar surface area (TPSA) is 129 Å². The molecule has 0 amide bonds. The number of fused-ring (bicyclic) bond motifs is 6. The van der Waals surface area contributed by atoms with Crippen LogP contribution < -0.4 is 0 Å². The summed E-state index contributed by atoms with van der Waals surface area (Å²) in [6.45, 7) is 10.9. The van der Waals surface area contributed by atoms with E-state index in [9.17, 15) is 24.3 Å². The number of hydrogen-bond acceptors (Lipinski definition) is 9. The molecule has 1 aliphatic heterocycles. The lowest BCUT2D eigenvalue weighted by molar-refractivity contribution is -0.223. The van der Waals surface area contributed by atoms with Crippen molar-refractivity contribution in [3.8, 4) is 0 Å². The van der Waals surface area contributed by atoms with Crippen molar-refractivity contribution in [3.05, 3.63) is 47.5 Å². The average molecular weight is 569 g/mol. The van der Waals surface area contributed by atoms with Crippen molar-refractivity contribution >= 4 is 23.7 Å². The van der Waals surface area contributed by atoms with Crippen LogP contribution in [0.1, 0.15) is 78.9 Å². The van der Waals surface area contributed by atoms with Gasteiger partial charge >= 0.3 is 17.9 Å². The van der Waals surface area contributed by atoms with Gasteiger partial charge in [0, 0.05) is 33.8 Å². The molecule has 2 saturated carbocycles. The van der Waals surface area contributed by atoms with Gasteiger partial charge in [0.05, 0.1) is 26.1 Å². The molecule has 9 heteroatoms. The molecular weight excluding hydrogens is 528 g/mol. The van der Waals surface area contributed by atoms with Crippen LogP contribution in [0.15, 0.2) is 46.3 Å². The second-order valence-corrected chi connectivity index (χ2v) is 13.3. The summed E-state index contributed by atoms with van der Waals surface area (Å²) in [5.74, 6) is -3.31. The van der Waals surface area contributed by atoms with Crippen LogP contribution in [0.25, 0.3) is 0 Å². The number of hydrogen-bond donors (Lipinski definition) is 1. The second kappa shape index (κ2) is 9.68. The number of rotatable bonds is 5. The van der Waals surface area contributed by atoms with Crippen molar-refractivity contribution < 1.29 is 42.9 Å². The lowest BCUT2D eigenvalue weighted by atomic mass is 9.39. The Balaban J connectivity index is 1.71. The van der Waals surface area contributed by atoms with Crippen molar-refractivity contribution in [1.29, 1.82) is 0 Å². The molecule has 0 radical (unpaired) electrons. The van der Waals surface area contributed by atoms with Crippen molar-refractivity contribution in [2.75, 3.05) is 7.11 Å². The average Bonchev–Trinajstić information content (AvgIpc) is 3.46. The smallest absolute Gasteiger partial charge is 0.333 e. The van der Waals surface area contributed by atoms with Crippen molar-refractivity contribution in [3.63, 3.8) is 0 Å². The van der Waals surface area contributed by atoms with E-state index in [4.69, 9.17) is 18.6 Å². The molecule has 2 heterocycles. The summed E-state index contributed by atoms with van der Waals surface area (Å²) in [5, 5.41) is 12.4. The zero-order valence-electron chi connectivity index (χ0n) is 24.8. The minimum atomic E-state index is -2.16. The third-order valence-corrected chi connectivity index (χ3v) is 10.9. The Morgan fingerprint density at radius 1 is 1.17 bits per heavy atom. The van der Waals surface area contributed by atoms with Crippen molar-refractivity contribution in [2.45, 2.75) is 85.0 Å². The first-order valence-corrected chi connectivity index (χ1v) is 14.3. The number of cyclic esters (lactones) is 1. The van der Waals surface area contributed by atoms with Gasteiger partial charge in [-0.1, -0.05) is 39.3 Å². The summed E-state index contributed by atoms with van der Waals surface area (Å²) in [6, 6.07) is 1.79. The highest BCUT2D eigenvalue weighted by atomic mass is 16.6. The summed E-state index contributed by atoms with van der Waals surface area (Å²) < 4.78 is 22.2. The monoisotopic (exact) mass is 568 g/mol. The van der Waals surface area contributed by atoms with Gasteiger partial charge in [0.1, 0.15) is 12.2 Å². The molecular formula is C32H40O9. The molecule has 0 aromatic carbocycles. The highest BCUT2D eigenvalue weighted by molar-refractivity contribution is 5.99. The number of Topliss-reactive ketones (excluding diaryl/α,β-unsaturated/α-hetero) is 1. The summed E-state index contributed by atoms with van der Waals surface area (Å²) in [5.41, 5.74) is -3.03. The van der Waals surface area contributed by atoms with E-state index in [1.165, 1.54) is 7.11 Å². The van der Waals surface area contributed by atoms with E-state index >= 15 is 0 Å². The van der Waals surface area contributed by atoms with Gasteiger partial charge in [0.2, 0.25) is 0 Å². The maximum Gasteiger partial charge on any atom is 0.333 e. The van der Waals surface area contributed by atoms with E-state index in [1.54, 1.807) is 44.6 Å². The Morgan fingerprint density at radius 2 is 1.88 bits per heavy atom. The van der Waals surface area contributed by atoms with Crippen LogP contribution in [0.5, 0.6) is 0 Å². The Morgan fingerprint density at radius 3 is 2.49 bits per heavy atom. The Labute approximate surface area is 240 Å². The predicted octanol–water partition coefficient (Wildman–Crippen LogP) is 4.64. The van der Waals surface area contributed by atoms with Gasteiger partial charge in [-0.3, -0.25) is 14.4 Å². The van der Waals surface area contributed by atoms with Crippen LogP contribution >= 0.6 is 0 Å². The molecule has 3 unspecified atom stereocenters. The molecule has 5 rings (SSSR count). The molecule has 222 valence electrons. The molecule has 4 aliphatic rings. The largest absolute Gasteiger partial charge is 0.472 e. The first kappa shape index (κ1) is 29.3. The van der Waals surface area contributed by atoms with Gasteiger partial charge < -0.3 is 23.7 Å². The van der Waals surface area contributed by atoms with Gasteiger partial charge in [-0.2, -0.15) is 0 Å². The van der Waals surface area contributed by atoms with Gasteiger partial charge in [-0.05, 0) is 56.6 Å². The Kier molecular flexibility index (Phi) is 6.92. The molecule has 3 fully saturated rings. The zero-order valence-corrected chi connectivity index (χ0v) is 24.8. The number of methoxy groups -OCH3 is 1. The first-order valence-electron chi connectivity index (χ1n) is 14.3. The third kappa shape index (κ3) is 4.06. The number of allylic oxidation sites excluding steroid dienone is 2. The number of ketones is 1. The molecule has 0 spiro atoms. The minimum Gasteiger partial charge on any atom is -0.472 e. The fraction of sp³-hybridized carbons (Fsp3) is 0.625. The van der Waals surface area contributed by atoms with Gasteiger partial charge in [-0.15, -0.1) is 0 Å². The van der Waals surface area contributed by atoms with Gasteiger partial charge in [0.25, 0.3) is 0 Å². The fourth-order valence-corrected chi connectivity index (χ4v) is 8.60. The minimum absolute atomic E-state index is 0.0841. The van der Waals surface area contributed by atoms with E-state index < -0.39 is 57.7 Å². The van der Waals surface area contributed by atoms with Gasteiger partial charge in [0.15, 0.2) is 11.4 Å². The van der Waals surface area contributed by atoms with Crippen LogP contribution in [0.2, 0.25) is 0 Å². The second-order valence-electron chi connectivity index (χ2n) is 13.3. The first-order chi connectivity index (χ1) is 19.2. The van der Waals surface area contributed by atoms with Crippen LogP contribution in [-0.2, 0) is 33.4 Å². The lowest BCUT2D eigenvalue weighted by Crippen LogP contribution is -2.74. The summed E-state index contributed by atoms with van der Waals surface area (Å²) in [4.78, 5) is 53.4. The molecule has 9 nitrogen and oxygen atoms in total. The molecule has 2 bridgehead atoms. The molecule has 41 heavy (non-hydrogen) atoms. The Hall–Kier alpha value is -3.20. The highest BCUT2D eigenvalue weighted by Crippen LogP contribution is 2.69. The Bertz CT molecular complexity index is 1340. The van der Waals surface area contributed by atoms with E-state index in [2.05, 4.69) is 6.92 Å². The van der Waals surface area contributed by atoms with Crippen molar-refractivity contribution in [1.82, 2.24) is 0 Å². The number of furan rings is 1. The fourth-order valence-electron chi connectivity index (χ4n) is 8.60. The quantitative estimate of drug-likeness (QED) is 0.234. The normalized spacial score (nSPS) is 39.6. The van der Waals surface area contributed by atoms with Crippen LogP contribution in [0, 0.1) is 34.0 Å². The van der Waals surface area contributed by atoms with E-state index in [0.29, 0.717) is 18.4 Å². The van der Waals surface area contributed by atoms with Crippen LogP contribution in [0.4, 0.5) is 0 Å². The predicted molar refractivity (Wildman–Crippen MR) is 146 cm³/mol. The van der Waals surface area contributed by atoms with Crippen LogP contribution in [0.3, 0.4) is 0 Å². The molecule has 1 aromatic rings. The number of esters is 3. The summed E-state index contributed by atoms with van der Waals surface area (Å²) in [6.07, 6.45) is 5.67. The zero-order chi connectivity index (χ0) is 30.1. The maximum atomic E-state index is 14.5. The third-order valence-electron chi connectivity index (χ3n) is 10.9. The molecule has 1 aromatic heterocycles. The van der Waals surface area contributed by atoms with E-state index in [-0.39, 0.29) is 30.6 Å². The molecule has 1 N–H and O–H groups in total. The maximum absolute atomic E-state index is 14.5. The number of aliphatic hydroxyl groups is 1. The number of carbonyl (C=O) groups excluding carboxylic acids is 4. The van der Waals surface area contributed by atoms with E-state index in [0.717, 1.165) is 11.1 Å². The SMILES string of the molecule is C/C=C(\C)C(=O)OC1C(C)(C)[C@H](CC(=O)OC)[C@]2(C)C(=O)[C@@]1(O)C=C1C3CC(=O)O[C@@H](c4ccoc4)[C@]3(C)CCC12. The molecule has 1 saturated heterocycles. The lowest BCUT2D eigenvalue weighted by Gasteiger charge is -2.65. The summed E-state index contributed by atoms with van der Waals surface area (Å²) >= 11 is 0.